The Balaban J connectivity index is 1.80. The van der Waals surface area contributed by atoms with E-state index in [2.05, 4.69) is 15.3 Å². The summed E-state index contributed by atoms with van der Waals surface area (Å²) in [6.07, 6.45) is 9.15. The van der Waals surface area contributed by atoms with E-state index in [1.165, 1.54) is 6.33 Å². The maximum Gasteiger partial charge on any atom is 0.243 e. The number of carbonyl (C=O) groups is 1. The molecule has 0 radical (unpaired) electrons. The van der Waals surface area contributed by atoms with Crippen molar-refractivity contribution >= 4 is 34.8 Å². The fourth-order valence-electron chi connectivity index (χ4n) is 3.70. The number of para-hydroxylation sites is 1. The van der Waals surface area contributed by atoms with E-state index in [-0.39, 0.29) is 11.9 Å². The maximum absolute atomic E-state index is 13.8. The molecule has 1 aromatic heterocycles. The Morgan fingerprint density at radius 1 is 1.28 bits per heavy atom. The number of amides is 1. The topological polar surface area (TPSA) is 84.1 Å². The van der Waals surface area contributed by atoms with Crippen molar-refractivity contribution in [2.75, 3.05) is 16.0 Å². The van der Waals surface area contributed by atoms with E-state index in [0.29, 0.717) is 11.6 Å². The van der Waals surface area contributed by atoms with Gasteiger partial charge in [0.1, 0.15) is 18.0 Å². The number of nitrogens with one attached hydrogen (secondary N) is 1. The molecular weight excluding hydrogens is 386 g/mol. The largest absolute Gasteiger partial charge is 0.384 e. The highest BCUT2D eigenvalue weighted by Crippen LogP contribution is 2.46. The van der Waals surface area contributed by atoms with Gasteiger partial charge in [-0.1, -0.05) is 36.4 Å². The van der Waals surface area contributed by atoms with Crippen molar-refractivity contribution in [1.29, 1.82) is 0 Å². The van der Waals surface area contributed by atoms with E-state index in [0.717, 1.165) is 17.0 Å². The monoisotopic (exact) mass is 407 g/mol. The molecule has 2 aliphatic rings. The van der Waals surface area contributed by atoms with Gasteiger partial charge in [0, 0.05) is 17.5 Å². The second kappa shape index (κ2) is 7.37. The van der Waals surface area contributed by atoms with Crippen LogP contribution in [0.15, 0.2) is 78.3 Å². The molecule has 1 aromatic carbocycles. The SMILES string of the molecule is C[C@H](Nc1cc(N)ncn1)C1=CC2=CC=CC(Cl)C2(C)C(=O)N1c1ccccc1. The van der Waals surface area contributed by atoms with Crippen LogP contribution >= 0.6 is 11.6 Å². The minimum absolute atomic E-state index is 0.0624. The van der Waals surface area contributed by atoms with E-state index in [1.807, 2.05) is 68.5 Å². The summed E-state index contributed by atoms with van der Waals surface area (Å²) >= 11 is 6.60. The Kier molecular flexibility index (Phi) is 4.88. The molecule has 2 heterocycles. The number of anilines is 3. The molecule has 0 saturated heterocycles. The highest BCUT2D eigenvalue weighted by Gasteiger charge is 2.50. The van der Waals surface area contributed by atoms with Crippen LogP contribution in [-0.2, 0) is 4.79 Å². The molecule has 6 nitrogen and oxygen atoms in total. The van der Waals surface area contributed by atoms with E-state index >= 15 is 0 Å². The lowest BCUT2D eigenvalue weighted by Crippen LogP contribution is -2.53. The zero-order valence-electron chi connectivity index (χ0n) is 16.2. The molecule has 1 amide bonds. The van der Waals surface area contributed by atoms with Crippen molar-refractivity contribution in [2.45, 2.75) is 25.3 Å². The molecule has 1 aliphatic heterocycles. The predicted octanol–water partition coefficient (Wildman–Crippen LogP) is 3.90. The first kappa shape index (κ1) is 19.2. The van der Waals surface area contributed by atoms with Crippen LogP contribution in [0.3, 0.4) is 0 Å². The molecule has 7 heteroatoms. The third kappa shape index (κ3) is 3.29. The molecule has 3 N–H and O–H groups in total. The first-order chi connectivity index (χ1) is 13.9. The summed E-state index contributed by atoms with van der Waals surface area (Å²) in [6.45, 7) is 3.88. The predicted molar refractivity (Wildman–Crippen MR) is 117 cm³/mol. The maximum atomic E-state index is 13.8. The van der Waals surface area contributed by atoms with Crippen LogP contribution in [0.1, 0.15) is 13.8 Å². The normalized spacial score (nSPS) is 24.4. The van der Waals surface area contributed by atoms with Crippen LogP contribution in [0.25, 0.3) is 0 Å². The molecule has 148 valence electrons. The fraction of sp³-hybridized carbons (Fsp3) is 0.227. The average Bonchev–Trinajstić information content (AvgIpc) is 2.70. The van der Waals surface area contributed by atoms with Crippen LogP contribution in [-0.4, -0.2) is 27.3 Å². The Morgan fingerprint density at radius 3 is 2.76 bits per heavy atom. The van der Waals surface area contributed by atoms with Gasteiger partial charge in [0.15, 0.2) is 0 Å². The molecule has 0 spiro atoms. The summed E-state index contributed by atoms with van der Waals surface area (Å²) in [7, 11) is 0. The van der Waals surface area contributed by atoms with Crippen molar-refractivity contribution in [3.05, 3.63) is 78.3 Å². The summed E-state index contributed by atoms with van der Waals surface area (Å²) in [5, 5.41) is 2.89. The van der Waals surface area contributed by atoms with Crippen molar-refractivity contribution in [3.8, 4) is 0 Å². The smallest absolute Gasteiger partial charge is 0.243 e. The van der Waals surface area contributed by atoms with Gasteiger partial charge in [0.25, 0.3) is 0 Å². The van der Waals surface area contributed by atoms with Crippen molar-refractivity contribution in [2.24, 2.45) is 5.41 Å². The van der Waals surface area contributed by atoms with E-state index < -0.39 is 10.8 Å². The summed E-state index contributed by atoms with van der Waals surface area (Å²) in [5.41, 5.74) is 7.42. The summed E-state index contributed by atoms with van der Waals surface area (Å²) in [5.74, 6) is 0.904. The van der Waals surface area contributed by atoms with Gasteiger partial charge in [0.05, 0.1) is 16.8 Å². The average molecular weight is 408 g/mol. The zero-order chi connectivity index (χ0) is 20.6. The van der Waals surface area contributed by atoms with Crippen molar-refractivity contribution < 1.29 is 4.79 Å². The summed E-state index contributed by atoms with van der Waals surface area (Å²) in [4.78, 5) is 23.7. The molecular formula is C22H22ClN5O. The second-order valence-corrected chi connectivity index (χ2v) is 7.82. The van der Waals surface area contributed by atoms with Crippen LogP contribution in [0, 0.1) is 5.41 Å². The number of allylic oxidation sites excluding steroid dienone is 4. The van der Waals surface area contributed by atoms with Gasteiger partial charge in [-0.05, 0) is 37.6 Å². The molecule has 0 bridgehead atoms. The van der Waals surface area contributed by atoms with Gasteiger partial charge in [0.2, 0.25) is 5.91 Å². The van der Waals surface area contributed by atoms with Gasteiger partial charge in [-0.2, -0.15) is 0 Å². The summed E-state index contributed by atoms with van der Waals surface area (Å²) < 4.78 is 0. The number of aromatic nitrogens is 2. The van der Waals surface area contributed by atoms with Crippen molar-refractivity contribution in [3.63, 3.8) is 0 Å². The highest BCUT2D eigenvalue weighted by molar-refractivity contribution is 6.26. The van der Waals surface area contributed by atoms with Gasteiger partial charge < -0.3 is 11.1 Å². The molecule has 4 rings (SSSR count). The molecule has 3 atom stereocenters. The third-order valence-electron chi connectivity index (χ3n) is 5.43. The number of fused-ring (bicyclic) bond motifs is 1. The molecule has 2 aromatic rings. The number of nitrogens with zero attached hydrogens (tertiary/aromatic N) is 3. The Morgan fingerprint density at radius 2 is 2.03 bits per heavy atom. The lowest BCUT2D eigenvalue weighted by molar-refractivity contribution is -0.125. The van der Waals surface area contributed by atoms with Crippen LogP contribution in [0.2, 0.25) is 0 Å². The Hall–Kier alpha value is -3.12. The van der Waals surface area contributed by atoms with E-state index in [1.54, 1.807) is 11.0 Å². The number of hydrogen-bond donors (Lipinski definition) is 2. The molecule has 29 heavy (non-hydrogen) atoms. The van der Waals surface area contributed by atoms with Crippen LogP contribution in [0.5, 0.6) is 0 Å². The van der Waals surface area contributed by atoms with Gasteiger partial charge in [-0.15, -0.1) is 11.6 Å². The Labute approximate surface area is 174 Å². The van der Waals surface area contributed by atoms with Gasteiger partial charge >= 0.3 is 0 Å². The quantitative estimate of drug-likeness (QED) is 0.751. The Bertz CT molecular complexity index is 1030. The van der Waals surface area contributed by atoms with Crippen molar-refractivity contribution in [1.82, 2.24) is 9.97 Å². The first-order valence-corrected chi connectivity index (χ1v) is 9.83. The number of hydrogen-bond acceptors (Lipinski definition) is 5. The first-order valence-electron chi connectivity index (χ1n) is 9.39. The van der Waals surface area contributed by atoms with Gasteiger partial charge in [-0.25, -0.2) is 9.97 Å². The molecule has 2 unspecified atom stereocenters. The number of rotatable bonds is 4. The molecule has 0 saturated carbocycles. The minimum Gasteiger partial charge on any atom is -0.384 e. The van der Waals surface area contributed by atoms with Crippen LogP contribution in [0.4, 0.5) is 17.3 Å². The number of nitrogen functional groups attached to an aromatic ring is 1. The second-order valence-electron chi connectivity index (χ2n) is 7.35. The van der Waals surface area contributed by atoms with E-state index in [4.69, 9.17) is 17.3 Å². The standard InChI is InChI=1S/C22H22ClN5O/c1-14(27-20-12-19(24)25-13-26-20)17-11-15-7-6-10-18(23)22(15,2)21(29)28(17)16-8-4-3-5-9-16/h3-14,18H,1-2H3,(H3,24,25,26,27)/t14-,18?,22?/m0/s1. The number of carbonyl (C=O) groups excluding carboxylic acids is 1. The van der Waals surface area contributed by atoms with Gasteiger partial charge in [-0.3, -0.25) is 9.69 Å². The number of halogens is 1. The minimum atomic E-state index is -0.839. The number of benzene rings is 1. The van der Waals surface area contributed by atoms with E-state index in [9.17, 15) is 4.79 Å². The van der Waals surface area contributed by atoms with Crippen LogP contribution < -0.4 is 16.0 Å². The lowest BCUT2D eigenvalue weighted by atomic mass is 9.72. The zero-order valence-corrected chi connectivity index (χ0v) is 17.0. The fourth-order valence-corrected chi connectivity index (χ4v) is 4.01. The number of nitrogens with two attached hydrogens (primary N) is 1. The third-order valence-corrected chi connectivity index (χ3v) is 6.01. The lowest BCUT2D eigenvalue weighted by Gasteiger charge is -2.45. The summed E-state index contributed by atoms with van der Waals surface area (Å²) in [6, 6.07) is 11.0. The molecule has 1 aliphatic carbocycles. The molecule has 0 fully saturated rings. The highest BCUT2D eigenvalue weighted by atomic mass is 35.5. The number of alkyl halides is 1.